The van der Waals surface area contributed by atoms with Gasteiger partial charge >= 0.3 is 5.97 Å². The van der Waals surface area contributed by atoms with Crippen LogP contribution in [-0.4, -0.2) is 23.4 Å². The van der Waals surface area contributed by atoms with E-state index < -0.39 is 11.8 Å². The average Bonchev–Trinajstić information content (AvgIpc) is 2.84. The van der Waals surface area contributed by atoms with E-state index in [0.29, 0.717) is 17.0 Å². The van der Waals surface area contributed by atoms with Gasteiger partial charge in [-0.05, 0) is 55.8 Å². The quantitative estimate of drug-likeness (QED) is 0.236. The van der Waals surface area contributed by atoms with Crippen LogP contribution < -0.4 is 15.0 Å². The Morgan fingerprint density at radius 3 is 2.24 bits per heavy atom. The molecule has 34 heavy (non-hydrogen) atoms. The summed E-state index contributed by atoms with van der Waals surface area (Å²) in [5.41, 5.74) is 3.15. The maximum atomic E-state index is 13.5. The van der Waals surface area contributed by atoms with E-state index in [1.165, 1.54) is 36.1 Å². The van der Waals surface area contributed by atoms with Crippen LogP contribution >= 0.6 is 0 Å². The van der Waals surface area contributed by atoms with Crippen molar-refractivity contribution in [2.24, 2.45) is 0 Å². The standard InChI is InChI=1S/C28H23NO5/c1-18-8-10-20(11-9-18)28(32)34-25-16-22(33-3)13-14-23(25)27(31)21-12-15-26(30)29(17-21)24-7-5-4-6-19(24)2/h4-17H,1-3H3. The smallest absolute Gasteiger partial charge is 0.343 e. The lowest BCUT2D eigenvalue weighted by atomic mass is 10.0. The first-order valence-corrected chi connectivity index (χ1v) is 10.7. The number of nitrogens with zero attached hydrogens (tertiary/aromatic N) is 1. The van der Waals surface area contributed by atoms with Crippen LogP contribution in [0.3, 0.4) is 0 Å². The molecule has 170 valence electrons. The predicted octanol–water partition coefficient (Wildman–Crippen LogP) is 4.91. The molecule has 1 heterocycles. The number of benzene rings is 3. The topological polar surface area (TPSA) is 74.6 Å². The Morgan fingerprint density at radius 2 is 1.53 bits per heavy atom. The summed E-state index contributed by atoms with van der Waals surface area (Å²) in [5, 5.41) is 0. The van der Waals surface area contributed by atoms with Crippen molar-refractivity contribution >= 4 is 11.8 Å². The molecule has 0 N–H and O–H groups in total. The number of para-hydroxylation sites is 1. The van der Waals surface area contributed by atoms with Crippen LogP contribution in [0, 0.1) is 13.8 Å². The molecule has 6 nitrogen and oxygen atoms in total. The fourth-order valence-electron chi connectivity index (χ4n) is 3.55. The van der Waals surface area contributed by atoms with Gasteiger partial charge in [0.05, 0.1) is 23.9 Å². The first-order valence-electron chi connectivity index (χ1n) is 10.7. The number of carbonyl (C=O) groups is 2. The Labute approximate surface area is 197 Å². The van der Waals surface area contributed by atoms with E-state index in [2.05, 4.69) is 0 Å². The van der Waals surface area contributed by atoms with E-state index in [0.717, 1.165) is 11.1 Å². The van der Waals surface area contributed by atoms with Gasteiger partial charge in [0.15, 0.2) is 5.78 Å². The number of esters is 1. The number of aromatic nitrogens is 1. The Balaban J connectivity index is 1.73. The van der Waals surface area contributed by atoms with Crippen molar-refractivity contribution in [2.45, 2.75) is 13.8 Å². The number of hydrogen-bond donors (Lipinski definition) is 0. The van der Waals surface area contributed by atoms with Gasteiger partial charge in [-0.3, -0.25) is 14.2 Å². The van der Waals surface area contributed by atoms with Gasteiger partial charge in [-0.15, -0.1) is 0 Å². The molecule has 3 aromatic carbocycles. The summed E-state index contributed by atoms with van der Waals surface area (Å²) in [6.45, 7) is 3.81. The van der Waals surface area contributed by atoms with Crippen molar-refractivity contribution in [1.82, 2.24) is 4.57 Å². The molecule has 0 saturated carbocycles. The van der Waals surface area contributed by atoms with Gasteiger partial charge in [0.25, 0.3) is 5.56 Å². The number of pyridine rings is 1. The third kappa shape index (κ3) is 4.66. The minimum Gasteiger partial charge on any atom is -0.497 e. The van der Waals surface area contributed by atoms with Crippen LogP contribution in [0.5, 0.6) is 11.5 Å². The average molecular weight is 453 g/mol. The van der Waals surface area contributed by atoms with E-state index in [1.807, 2.05) is 50.2 Å². The van der Waals surface area contributed by atoms with Gasteiger partial charge in [0.1, 0.15) is 11.5 Å². The van der Waals surface area contributed by atoms with Gasteiger partial charge in [-0.25, -0.2) is 4.79 Å². The van der Waals surface area contributed by atoms with Crippen molar-refractivity contribution < 1.29 is 19.1 Å². The minimum absolute atomic E-state index is 0.0727. The summed E-state index contributed by atoms with van der Waals surface area (Å²) in [5.74, 6) is -0.472. The van der Waals surface area contributed by atoms with Crippen LogP contribution in [-0.2, 0) is 0 Å². The van der Waals surface area contributed by atoms with Crippen LogP contribution in [0.15, 0.2) is 89.9 Å². The van der Waals surface area contributed by atoms with E-state index in [9.17, 15) is 14.4 Å². The molecule has 0 aliphatic heterocycles. The molecule has 0 bridgehead atoms. The van der Waals surface area contributed by atoms with Crippen molar-refractivity contribution in [3.05, 3.63) is 123 Å². The van der Waals surface area contributed by atoms with Gasteiger partial charge in [-0.1, -0.05) is 35.9 Å². The largest absolute Gasteiger partial charge is 0.497 e. The first-order chi connectivity index (χ1) is 16.4. The molecule has 4 aromatic rings. The van der Waals surface area contributed by atoms with Crippen molar-refractivity contribution in [3.8, 4) is 17.2 Å². The molecule has 0 saturated heterocycles. The summed E-state index contributed by atoms with van der Waals surface area (Å²) < 4.78 is 12.3. The molecule has 0 radical (unpaired) electrons. The van der Waals surface area contributed by atoms with Crippen LogP contribution in [0.1, 0.15) is 37.4 Å². The maximum absolute atomic E-state index is 13.5. The van der Waals surface area contributed by atoms with E-state index in [-0.39, 0.29) is 22.4 Å². The maximum Gasteiger partial charge on any atom is 0.343 e. The van der Waals surface area contributed by atoms with Gasteiger partial charge in [0.2, 0.25) is 0 Å². The zero-order valence-electron chi connectivity index (χ0n) is 19.1. The number of aryl methyl sites for hydroxylation is 2. The molecule has 0 fully saturated rings. The molecule has 1 aromatic heterocycles. The van der Waals surface area contributed by atoms with E-state index in [1.54, 1.807) is 24.3 Å². The third-order valence-electron chi connectivity index (χ3n) is 5.47. The lowest BCUT2D eigenvalue weighted by Gasteiger charge is -2.13. The van der Waals surface area contributed by atoms with Gasteiger partial charge in [0, 0.05) is 23.9 Å². The fourth-order valence-corrected chi connectivity index (χ4v) is 3.55. The zero-order chi connectivity index (χ0) is 24.2. The second kappa shape index (κ2) is 9.58. The number of rotatable bonds is 6. The van der Waals surface area contributed by atoms with E-state index in [4.69, 9.17) is 9.47 Å². The highest BCUT2D eigenvalue weighted by atomic mass is 16.5. The number of ether oxygens (including phenoxy) is 2. The number of ketones is 1. The van der Waals surface area contributed by atoms with Crippen molar-refractivity contribution in [1.29, 1.82) is 0 Å². The zero-order valence-corrected chi connectivity index (χ0v) is 19.1. The Kier molecular flexibility index (Phi) is 6.41. The Hall–Kier alpha value is -4.45. The molecular formula is C28H23NO5. The summed E-state index contributed by atoms with van der Waals surface area (Å²) in [6.07, 6.45) is 1.50. The molecule has 0 unspecified atom stereocenters. The minimum atomic E-state index is -0.591. The third-order valence-corrected chi connectivity index (χ3v) is 5.47. The van der Waals surface area contributed by atoms with Crippen LogP contribution in [0.2, 0.25) is 0 Å². The highest BCUT2D eigenvalue weighted by Gasteiger charge is 2.20. The lowest BCUT2D eigenvalue weighted by Crippen LogP contribution is -2.20. The molecule has 0 aliphatic rings. The molecule has 0 atom stereocenters. The van der Waals surface area contributed by atoms with Crippen molar-refractivity contribution in [3.63, 3.8) is 0 Å². The SMILES string of the molecule is COc1ccc(C(=O)c2ccc(=O)n(-c3ccccc3C)c2)c(OC(=O)c2ccc(C)cc2)c1. The molecular weight excluding hydrogens is 430 g/mol. The molecule has 0 spiro atoms. The summed E-state index contributed by atoms with van der Waals surface area (Å²) in [6, 6.07) is 21.8. The lowest BCUT2D eigenvalue weighted by molar-refractivity contribution is 0.0732. The van der Waals surface area contributed by atoms with Crippen LogP contribution in [0.25, 0.3) is 5.69 Å². The predicted molar refractivity (Wildman–Crippen MR) is 129 cm³/mol. The normalized spacial score (nSPS) is 10.6. The number of hydrogen-bond acceptors (Lipinski definition) is 5. The highest BCUT2D eigenvalue weighted by molar-refractivity contribution is 6.11. The summed E-state index contributed by atoms with van der Waals surface area (Å²) >= 11 is 0. The highest BCUT2D eigenvalue weighted by Crippen LogP contribution is 2.28. The Morgan fingerprint density at radius 1 is 0.824 bits per heavy atom. The summed E-state index contributed by atoms with van der Waals surface area (Å²) in [4.78, 5) is 38.7. The number of carbonyl (C=O) groups excluding carboxylic acids is 2. The second-order valence-corrected chi connectivity index (χ2v) is 7.86. The van der Waals surface area contributed by atoms with Crippen LogP contribution in [0.4, 0.5) is 0 Å². The van der Waals surface area contributed by atoms with Gasteiger partial charge < -0.3 is 9.47 Å². The fraction of sp³-hybridized carbons (Fsp3) is 0.107. The van der Waals surface area contributed by atoms with Crippen molar-refractivity contribution in [2.75, 3.05) is 7.11 Å². The Bertz CT molecular complexity index is 1430. The number of methoxy groups -OCH3 is 1. The summed E-state index contributed by atoms with van der Waals surface area (Å²) in [7, 11) is 1.49. The van der Waals surface area contributed by atoms with Gasteiger partial charge in [-0.2, -0.15) is 0 Å². The molecule has 0 amide bonds. The monoisotopic (exact) mass is 453 g/mol. The first kappa shape index (κ1) is 22.7. The second-order valence-electron chi connectivity index (χ2n) is 7.86. The molecule has 6 heteroatoms. The molecule has 0 aliphatic carbocycles. The van der Waals surface area contributed by atoms with E-state index >= 15 is 0 Å². The molecule has 4 rings (SSSR count).